The van der Waals surface area contributed by atoms with Gasteiger partial charge in [0.05, 0.1) is 19.4 Å². The SMILES string of the molecule is CCOc1ncccc1C(=O)N(Cc1ccco1)c1ccc(C)cc1. The van der Waals surface area contributed by atoms with Gasteiger partial charge in [0.15, 0.2) is 0 Å². The van der Waals surface area contributed by atoms with E-state index in [1.807, 2.05) is 50.2 Å². The maximum Gasteiger partial charge on any atom is 0.264 e. The summed E-state index contributed by atoms with van der Waals surface area (Å²) in [6.45, 7) is 4.65. The Morgan fingerprint density at radius 2 is 1.96 bits per heavy atom. The van der Waals surface area contributed by atoms with Crippen LogP contribution in [0.25, 0.3) is 0 Å². The fraction of sp³-hybridized carbons (Fsp3) is 0.200. The monoisotopic (exact) mass is 336 g/mol. The average Bonchev–Trinajstić information content (AvgIpc) is 3.14. The fourth-order valence-corrected chi connectivity index (χ4v) is 2.51. The van der Waals surface area contributed by atoms with Crippen molar-refractivity contribution in [1.82, 2.24) is 4.98 Å². The largest absolute Gasteiger partial charge is 0.477 e. The zero-order valence-corrected chi connectivity index (χ0v) is 14.3. The summed E-state index contributed by atoms with van der Waals surface area (Å²) in [6.07, 6.45) is 3.22. The molecular formula is C20H20N2O3. The number of anilines is 1. The standard InChI is InChI=1S/C20H20N2O3/c1-3-24-19-18(7-4-12-21-19)20(23)22(14-17-6-5-13-25-17)16-10-8-15(2)9-11-16/h4-13H,3,14H2,1-2H3. The summed E-state index contributed by atoms with van der Waals surface area (Å²) in [6, 6.07) is 14.9. The van der Waals surface area contributed by atoms with Crippen molar-refractivity contribution >= 4 is 11.6 Å². The number of rotatable bonds is 6. The van der Waals surface area contributed by atoms with Crippen molar-refractivity contribution in [3.63, 3.8) is 0 Å². The molecule has 0 saturated carbocycles. The molecule has 1 amide bonds. The molecule has 5 nitrogen and oxygen atoms in total. The topological polar surface area (TPSA) is 55.6 Å². The first kappa shape index (κ1) is 16.8. The van der Waals surface area contributed by atoms with Crippen LogP contribution in [0.15, 0.2) is 65.4 Å². The second-order valence-corrected chi connectivity index (χ2v) is 5.60. The van der Waals surface area contributed by atoms with Gasteiger partial charge in [-0.15, -0.1) is 0 Å². The van der Waals surface area contributed by atoms with E-state index < -0.39 is 0 Å². The Morgan fingerprint density at radius 1 is 1.16 bits per heavy atom. The van der Waals surface area contributed by atoms with Crippen LogP contribution in [0.2, 0.25) is 0 Å². The highest BCUT2D eigenvalue weighted by atomic mass is 16.5. The van der Waals surface area contributed by atoms with Crippen molar-refractivity contribution in [3.8, 4) is 5.88 Å². The van der Waals surface area contributed by atoms with E-state index in [1.165, 1.54) is 0 Å². The highest BCUT2D eigenvalue weighted by molar-refractivity contribution is 6.07. The van der Waals surface area contributed by atoms with Gasteiger partial charge in [-0.05, 0) is 50.2 Å². The van der Waals surface area contributed by atoms with Crippen LogP contribution in [0.3, 0.4) is 0 Å². The lowest BCUT2D eigenvalue weighted by Gasteiger charge is -2.23. The molecule has 0 aliphatic carbocycles. The maximum atomic E-state index is 13.2. The minimum absolute atomic E-state index is 0.184. The summed E-state index contributed by atoms with van der Waals surface area (Å²) in [5.41, 5.74) is 2.35. The molecule has 0 aliphatic rings. The van der Waals surface area contributed by atoms with Gasteiger partial charge in [0.25, 0.3) is 5.91 Å². The molecule has 0 fully saturated rings. The lowest BCUT2D eigenvalue weighted by atomic mass is 10.1. The van der Waals surface area contributed by atoms with Gasteiger partial charge in [0, 0.05) is 11.9 Å². The van der Waals surface area contributed by atoms with Gasteiger partial charge in [-0.3, -0.25) is 4.79 Å². The van der Waals surface area contributed by atoms with Gasteiger partial charge in [-0.25, -0.2) is 4.98 Å². The number of amides is 1. The lowest BCUT2D eigenvalue weighted by Crippen LogP contribution is -2.30. The van der Waals surface area contributed by atoms with E-state index in [0.29, 0.717) is 30.4 Å². The first-order valence-electron chi connectivity index (χ1n) is 8.17. The Morgan fingerprint density at radius 3 is 2.64 bits per heavy atom. The van der Waals surface area contributed by atoms with E-state index in [-0.39, 0.29) is 5.91 Å². The van der Waals surface area contributed by atoms with E-state index in [1.54, 1.807) is 29.5 Å². The molecule has 128 valence electrons. The maximum absolute atomic E-state index is 13.2. The number of carbonyl (C=O) groups is 1. The zero-order chi connectivity index (χ0) is 17.6. The van der Waals surface area contributed by atoms with Crippen molar-refractivity contribution in [3.05, 3.63) is 77.9 Å². The Labute approximate surface area is 146 Å². The third-order valence-electron chi connectivity index (χ3n) is 3.77. The first-order chi connectivity index (χ1) is 12.2. The summed E-state index contributed by atoms with van der Waals surface area (Å²) in [5, 5.41) is 0. The highest BCUT2D eigenvalue weighted by Gasteiger charge is 2.23. The predicted octanol–water partition coefficient (Wildman–Crippen LogP) is 4.23. The minimum atomic E-state index is -0.184. The number of aromatic nitrogens is 1. The number of benzene rings is 1. The van der Waals surface area contributed by atoms with Gasteiger partial charge < -0.3 is 14.1 Å². The molecule has 0 bridgehead atoms. The predicted molar refractivity (Wildman–Crippen MR) is 95.8 cm³/mol. The average molecular weight is 336 g/mol. The molecular weight excluding hydrogens is 316 g/mol. The van der Waals surface area contributed by atoms with Gasteiger partial charge in [-0.1, -0.05) is 17.7 Å². The molecule has 0 atom stereocenters. The van der Waals surface area contributed by atoms with Crippen molar-refractivity contribution in [2.24, 2.45) is 0 Å². The van der Waals surface area contributed by atoms with Crippen LogP contribution in [-0.2, 0) is 6.54 Å². The zero-order valence-electron chi connectivity index (χ0n) is 14.3. The smallest absolute Gasteiger partial charge is 0.264 e. The van der Waals surface area contributed by atoms with E-state index in [9.17, 15) is 4.79 Å². The Hall–Kier alpha value is -3.08. The third-order valence-corrected chi connectivity index (χ3v) is 3.77. The third kappa shape index (κ3) is 3.88. The number of nitrogens with zero attached hydrogens (tertiary/aromatic N) is 2. The molecule has 5 heteroatoms. The van der Waals surface area contributed by atoms with Crippen LogP contribution in [-0.4, -0.2) is 17.5 Å². The summed E-state index contributed by atoms with van der Waals surface area (Å²) >= 11 is 0. The van der Waals surface area contributed by atoms with Crippen LogP contribution < -0.4 is 9.64 Å². The van der Waals surface area contributed by atoms with Crippen LogP contribution in [0.5, 0.6) is 5.88 Å². The van der Waals surface area contributed by atoms with Gasteiger partial charge in [0.1, 0.15) is 11.3 Å². The lowest BCUT2D eigenvalue weighted by molar-refractivity contribution is 0.0978. The molecule has 0 aliphatic heterocycles. The van der Waals surface area contributed by atoms with Crippen molar-refractivity contribution < 1.29 is 13.9 Å². The molecule has 3 aromatic rings. The molecule has 0 spiro atoms. The number of ether oxygens (including phenoxy) is 1. The number of aryl methyl sites for hydroxylation is 1. The second kappa shape index (κ2) is 7.66. The van der Waals surface area contributed by atoms with E-state index in [0.717, 1.165) is 11.3 Å². The molecule has 0 saturated heterocycles. The normalized spacial score (nSPS) is 10.5. The summed E-state index contributed by atoms with van der Waals surface area (Å²) in [4.78, 5) is 19.1. The molecule has 25 heavy (non-hydrogen) atoms. The molecule has 2 aromatic heterocycles. The quantitative estimate of drug-likeness (QED) is 0.676. The Kier molecular flexibility index (Phi) is 5.14. The van der Waals surface area contributed by atoms with Gasteiger partial charge in [-0.2, -0.15) is 0 Å². The summed E-state index contributed by atoms with van der Waals surface area (Å²) < 4.78 is 10.9. The van der Waals surface area contributed by atoms with Gasteiger partial charge >= 0.3 is 0 Å². The van der Waals surface area contributed by atoms with E-state index in [2.05, 4.69) is 4.98 Å². The van der Waals surface area contributed by atoms with E-state index in [4.69, 9.17) is 9.15 Å². The summed E-state index contributed by atoms with van der Waals surface area (Å²) in [7, 11) is 0. The minimum Gasteiger partial charge on any atom is -0.477 e. The van der Waals surface area contributed by atoms with Crippen molar-refractivity contribution in [1.29, 1.82) is 0 Å². The molecule has 3 rings (SSSR count). The number of hydrogen-bond donors (Lipinski definition) is 0. The van der Waals surface area contributed by atoms with Crippen LogP contribution in [0, 0.1) is 6.92 Å². The van der Waals surface area contributed by atoms with Crippen LogP contribution >= 0.6 is 0 Å². The number of furan rings is 1. The molecule has 2 heterocycles. The van der Waals surface area contributed by atoms with E-state index >= 15 is 0 Å². The molecule has 0 radical (unpaired) electrons. The fourth-order valence-electron chi connectivity index (χ4n) is 2.51. The Balaban J connectivity index is 1.98. The Bertz CT molecular complexity index is 826. The number of pyridine rings is 1. The van der Waals surface area contributed by atoms with Crippen molar-refractivity contribution in [2.45, 2.75) is 20.4 Å². The first-order valence-corrected chi connectivity index (χ1v) is 8.17. The molecule has 1 aromatic carbocycles. The highest BCUT2D eigenvalue weighted by Crippen LogP contribution is 2.24. The van der Waals surface area contributed by atoms with Crippen molar-refractivity contribution in [2.75, 3.05) is 11.5 Å². The van der Waals surface area contributed by atoms with Crippen LogP contribution in [0.4, 0.5) is 5.69 Å². The molecule has 0 unspecified atom stereocenters. The number of carbonyl (C=O) groups excluding carboxylic acids is 1. The molecule has 0 N–H and O–H groups in total. The number of hydrogen-bond acceptors (Lipinski definition) is 4. The van der Waals surface area contributed by atoms with Gasteiger partial charge in [0.2, 0.25) is 5.88 Å². The summed E-state index contributed by atoms with van der Waals surface area (Å²) in [5.74, 6) is 0.860. The second-order valence-electron chi connectivity index (χ2n) is 5.60. The van der Waals surface area contributed by atoms with Crippen LogP contribution in [0.1, 0.15) is 28.6 Å².